The van der Waals surface area contributed by atoms with Crippen molar-refractivity contribution in [2.24, 2.45) is 7.05 Å². The Balaban J connectivity index is 2.09. The molecule has 5 heteroatoms. The number of aliphatic hydroxyl groups is 1. The highest BCUT2D eigenvalue weighted by Gasteiger charge is 2.13. The van der Waals surface area contributed by atoms with E-state index in [2.05, 4.69) is 4.98 Å². The van der Waals surface area contributed by atoms with Crippen LogP contribution in [0.2, 0.25) is 0 Å². The molecule has 0 saturated heterocycles. The van der Waals surface area contributed by atoms with E-state index in [0.29, 0.717) is 16.7 Å². The second-order valence-electron chi connectivity index (χ2n) is 4.34. The molecule has 19 heavy (non-hydrogen) atoms. The number of aryl methyl sites for hydroxylation is 1. The molecule has 96 valence electrons. The summed E-state index contributed by atoms with van der Waals surface area (Å²) in [5.74, 6) is -0.412. The maximum absolute atomic E-state index is 11.4. The van der Waals surface area contributed by atoms with Crippen LogP contribution in [0.15, 0.2) is 51.9 Å². The molecule has 0 fully saturated rings. The highest BCUT2D eigenvalue weighted by atomic mass is 16.4. The first-order chi connectivity index (χ1) is 9.16. The van der Waals surface area contributed by atoms with Crippen LogP contribution in [0.3, 0.4) is 0 Å². The first-order valence-electron chi connectivity index (χ1n) is 5.84. The van der Waals surface area contributed by atoms with E-state index in [1.54, 1.807) is 49.8 Å². The number of fused-ring (bicyclic) bond motifs is 1. The van der Waals surface area contributed by atoms with Gasteiger partial charge in [-0.05, 0) is 35.4 Å². The molecule has 0 saturated carbocycles. The molecular formula is C14H12N2O3. The van der Waals surface area contributed by atoms with Crippen molar-refractivity contribution >= 4 is 11.1 Å². The molecule has 5 nitrogen and oxygen atoms in total. The summed E-state index contributed by atoms with van der Waals surface area (Å²) in [5.41, 5.74) is 2.59. The molecule has 1 unspecified atom stereocenters. The lowest BCUT2D eigenvalue weighted by Gasteiger charge is -2.10. The average Bonchev–Trinajstić information content (AvgIpc) is 2.74. The lowest BCUT2D eigenvalue weighted by atomic mass is 10.0. The van der Waals surface area contributed by atoms with Gasteiger partial charge in [0, 0.05) is 19.4 Å². The molecule has 3 rings (SSSR count). The van der Waals surface area contributed by atoms with E-state index < -0.39 is 11.9 Å². The molecule has 0 radical (unpaired) electrons. The lowest BCUT2D eigenvalue weighted by Crippen LogP contribution is -2.08. The van der Waals surface area contributed by atoms with Crippen molar-refractivity contribution in [1.82, 2.24) is 9.55 Å². The number of oxazole rings is 1. The maximum atomic E-state index is 11.4. The zero-order valence-electron chi connectivity index (χ0n) is 10.3. The van der Waals surface area contributed by atoms with E-state index in [9.17, 15) is 9.90 Å². The summed E-state index contributed by atoms with van der Waals surface area (Å²) in [5, 5.41) is 10.3. The van der Waals surface area contributed by atoms with E-state index >= 15 is 0 Å². The number of hydrogen-bond donors (Lipinski definition) is 1. The van der Waals surface area contributed by atoms with Gasteiger partial charge in [0.25, 0.3) is 0 Å². The van der Waals surface area contributed by atoms with E-state index in [0.717, 1.165) is 5.56 Å². The second-order valence-corrected chi connectivity index (χ2v) is 4.34. The lowest BCUT2D eigenvalue weighted by molar-refractivity contribution is 0.220. The van der Waals surface area contributed by atoms with Gasteiger partial charge in [-0.2, -0.15) is 0 Å². The number of rotatable bonds is 2. The number of benzene rings is 1. The Morgan fingerprint density at radius 2 is 1.95 bits per heavy atom. The van der Waals surface area contributed by atoms with Crippen molar-refractivity contribution in [1.29, 1.82) is 0 Å². The molecule has 3 aromatic rings. The van der Waals surface area contributed by atoms with Crippen LogP contribution in [0, 0.1) is 0 Å². The fraction of sp³-hybridized carbons (Fsp3) is 0.143. The van der Waals surface area contributed by atoms with Gasteiger partial charge in [0.05, 0.1) is 5.52 Å². The summed E-state index contributed by atoms with van der Waals surface area (Å²) in [7, 11) is 1.65. The Kier molecular flexibility index (Phi) is 2.68. The summed E-state index contributed by atoms with van der Waals surface area (Å²) in [6, 6.07) is 8.72. The zero-order chi connectivity index (χ0) is 13.4. The summed E-state index contributed by atoms with van der Waals surface area (Å²) < 4.78 is 6.54. The molecule has 0 aliphatic heterocycles. The van der Waals surface area contributed by atoms with Gasteiger partial charge in [0.15, 0.2) is 5.58 Å². The molecule has 0 bridgehead atoms. The SMILES string of the molecule is Cn1c(=O)oc2cc(C(O)c3ccncc3)ccc21. The summed E-state index contributed by atoms with van der Waals surface area (Å²) in [6.45, 7) is 0. The fourth-order valence-electron chi connectivity index (χ4n) is 2.06. The Morgan fingerprint density at radius 1 is 1.21 bits per heavy atom. The van der Waals surface area contributed by atoms with Crippen LogP contribution in [0.5, 0.6) is 0 Å². The number of aliphatic hydroxyl groups excluding tert-OH is 1. The van der Waals surface area contributed by atoms with Crippen LogP contribution in [-0.4, -0.2) is 14.7 Å². The normalized spacial score (nSPS) is 12.7. The van der Waals surface area contributed by atoms with E-state index in [-0.39, 0.29) is 0 Å². The monoisotopic (exact) mass is 256 g/mol. The topological polar surface area (TPSA) is 68.3 Å². The average molecular weight is 256 g/mol. The molecule has 0 aliphatic rings. The number of hydrogen-bond acceptors (Lipinski definition) is 4. The Bertz CT molecular complexity index is 774. The van der Waals surface area contributed by atoms with Crippen LogP contribution in [-0.2, 0) is 7.05 Å². The summed E-state index contributed by atoms with van der Waals surface area (Å²) in [6.07, 6.45) is 2.48. The van der Waals surface area contributed by atoms with Crippen molar-refractivity contribution < 1.29 is 9.52 Å². The number of nitrogens with zero attached hydrogens (tertiary/aromatic N) is 2. The third-order valence-electron chi connectivity index (χ3n) is 3.15. The fourth-order valence-corrected chi connectivity index (χ4v) is 2.06. The minimum atomic E-state index is -0.766. The van der Waals surface area contributed by atoms with Gasteiger partial charge in [-0.25, -0.2) is 4.79 Å². The van der Waals surface area contributed by atoms with Gasteiger partial charge < -0.3 is 9.52 Å². The van der Waals surface area contributed by atoms with Gasteiger partial charge in [0.2, 0.25) is 0 Å². The van der Waals surface area contributed by atoms with Crippen LogP contribution >= 0.6 is 0 Å². The van der Waals surface area contributed by atoms with Crippen molar-refractivity contribution in [3.63, 3.8) is 0 Å². The van der Waals surface area contributed by atoms with Gasteiger partial charge >= 0.3 is 5.76 Å². The van der Waals surface area contributed by atoms with Crippen molar-refractivity contribution in [3.05, 3.63) is 64.4 Å². The smallest absolute Gasteiger partial charge is 0.408 e. The van der Waals surface area contributed by atoms with Gasteiger partial charge in [0.1, 0.15) is 6.10 Å². The Labute approximate surface area is 108 Å². The van der Waals surface area contributed by atoms with Crippen molar-refractivity contribution in [2.45, 2.75) is 6.10 Å². The molecule has 0 amide bonds. The Hall–Kier alpha value is -2.40. The molecule has 1 N–H and O–H groups in total. The summed E-state index contributed by atoms with van der Waals surface area (Å²) >= 11 is 0. The molecule has 2 aromatic heterocycles. The highest BCUT2D eigenvalue weighted by molar-refractivity contribution is 5.73. The first-order valence-corrected chi connectivity index (χ1v) is 5.84. The predicted molar refractivity (Wildman–Crippen MR) is 69.8 cm³/mol. The summed E-state index contributed by atoms with van der Waals surface area (Å²) in [4.78, 5) is 15.3. The highest BCUT2D eigenvalue weighted by Crippen LogP contribution is 2.24. The van der Waals surface area contributed by atoms with Gasteiger partial charge in [-0.1, -0.05) is 6.07 Å². The van der Waals surface area contributed by atoms with E-state index in [1.807, 2.05) is 0 Å². The van der Waals surface area contributed by atoms with Gasteiger partial charge in [-0.15, -0.1) is 0 Å². The minimum Gasteiger partial charge on any atom is -0.408 e. The number of pyridine rings is 1. The maximum Gasteiger partial charge on any atom is 0.419 e. The van der Waals surface area contributed by atoms with E-state index in [4.69, 9.17) is 4.42 Å². The van der Waals surface area contributed by atoms with Crippen LogP contribution < -0.4 is 5.76 Å². The largest absolute Gasteiger partial charge is 0.419 e. The first kappa shape index (κ1) is 11.7. The third kappa shape index (κ3) is 1.94. The zero-order valence-corrected chi connectivity index (χ0v) is 10.3. The van der Waals surface area contributed by atoms with E-state index in [1.165, 1.54) is 4.57 Å². The van der Waals surface area contributed by atoms with Crippen LogP contribution in [0.1, 0.15) is 17.2 Å². The van der Waals surface area contributed by atoms with Crippen LogP contribution in [0.4, 0.5) is 0 Å². The minimum absolute atomic E-state index is 0.412. The molecule has 2 heterocycles. The molecule has 1 atom stereocenters. The van der Waals surface area contributed by atoms with Crippen molar-refractivity contribution in [2.75, 3.05) is 0 Å². The number of aromatic nitrogens is 2. The third-order valence-corrected chi connectivity index (χ3v) is 3.15. The molecule has 0 aliphatic carbocycles. The molecule has 0 spiro atoms. The standard InChI is InChI=1S/C14H12N2O3/c1-16-11-3-2-10(8-12(11)19-14(16)18)13(17)9-4-6-15-7-5-9/h2-8,13,17H,1H3. The van der Waals surface area contributed by atoms with Gasteiger partial charge in [-0.3, -0.25) is 9.55 Å². The predicted octanol–water partition coefficient (Wildman–Crippen LogP) is 1.61. The Morgan fingerprint density at radius 3 is 2.68 bits per heavy atom. The van der Waals surface area contributed by atoms with Crippen molar-refractivity contribution in [3.8, 4) is 0 Å². The molecular weight excluding hydrogens is 244 g/mol. The second kappa shape index (κ2) is 4.37. The molecule has 1 aromatic carbocycles. The van der Waals surface area contributed by atoms with Crippen LogP contribution in [0.25, 0.3) is 11.1 Å². The quantitative estimate of drug-likeness (QED) is 0.756.